The highest BCUT2D eigenvalue weighted by Gasteiger charge is 2.14. The Kier molecular flexibility index (Phi) is 3.37. The minimum Gasteiger partial charge on any atom is -0.249 e. The molecule has 5 heteroatoms. The van der Waals surface area contributed by atoms with Crippen molar-refractivity contribution < 1.29 is 8.78 Å². The normalized spacial score (nSPS) is 10.3. The molecule has 74 valence electrons. The molecular weight excluding hydrogens is 210 g/mol. The van der Waals surface area contributed by atoms with E-state index in [-0.39, 0.29) is 22.8 Å². The van der Waals surface area contributed by atoms with Gasteiger partial charge in [-0.15, -0.1) is 11.6 Å². The molecule has 0 spiro atoms. The first-order valence-electron chi connectivity index (χ1n) is 3.84. The predicted octanol–water partition coefficient (Wildman–Crippen LogP) is 2.94. The highest BCUT2D eigenvalue weighted by atomic mass is 35.5. The van der Waals surface area contributed by atoms with Crippen molar-refractivity contribution >= 4 is 11.6 Å². The lowest BCUT2D eigenvalue weighted by atomic mass is 10.1. The molecule has 0 saturated carbocycles. The fourth-order valence-electron chi connectivity index (χ4n) is 1.13. The van der Waals surface area contributed by atoms with Crippen molar-refractivity contribution in [3.05, 3.63) is 28.6 Å². The quantitative estimate of drug-likeness (QED) is 0.713. The van der Waals surface area contributed by atoms with Crippen molar-refractivity contribution in [1.29, 1.82) is 5.26 Å². The number of hydrogen-bond donors (Lipinski definition) is 0. The lowest BCUT2D eigenvalue weighted by Gasteiger charge is -2.06. The smallest absolute Gasteiger partial charge is 0.249 e. The molecular formula is C9H7ClF2N2. The van der Waals surface area contributed by atoms with E-state index in [0.717, 1.165) is 0 Å². The molecule has 0 aliphatic heterocycles. The Morgan fingerprint density at radius 2 is 2.29 bits per heavy atom. The maximum absolute atomic E-state index is 12.3. The van der Waals surface area contributed by atoms with Crippen molar-refractivity contribution in [2.24, 2.45) is 0 Å². The lowest BCUT2D eigenvalue weighted by molar-refractivity contribution is 0.146. The first-order chi connectivity index (χ1) is 6.60. The molecule has 14 heavy (non-hydrogen) atoms. The van der Waals surface area contributed by atoms with Crippen molar-refractivity contribution in [3.63, 3.8) is 0 Å². The summed E-state index contributed by atoms with van der Waals surface area (Å²) < 4.78 is 24.6. The SMILES string of the molecule is Cc1cc(C(F)F)nc(CCl)c1C#N. The second-order valence-corrected chi connectivity index (χ2v) is 3.00. The molecule has 0 aliphatic carbocycles. The maximum atomic E-state index is 12.3. The first-order valence-corrected chi connectivity index (χ1v) is 4.38. The zero-order valence-electron chi connectivity index (χ0n) is 7.39. The third-order valence-electron chi connectivity index (χ3n) is 1.77. The van der Waals surface area contributed by atoms with Gasteiger partial charge in [0.2, 0.25) is 0 Å². The molecule has 0 atom stereocenters. The molecule has 0 N–H and O–H groups in total. The summed E-state index contributed by atoms with van der Waals surface area (Å²) >= 11 is 5.50. The van der Waals surface area contributed by atoms with Crippen LogP contribution < -0.4 is 0 Å². The van der Waals surface area contributed by atoms with E-state index in [1.807, 2.05) is 6.07 Å². The van der Waals surface area contributed by atoms with Crippen LogP contribution in [0.2, 0.25) is 0 Å². The van der Waals surface area contributed by atoms with Gasteiger partial charge in [0.1, 0.15) is 11.8 Å². The first kappa shape index (κ1) is 10.9. The Balaban J connectivity index is 3.33. The molecule has 2 nitrogen and oxygen atoms in total. The van der Waals surface area contributed by atoms with Gasteiger partial charge in [-0.05, 0) is 18.6 Å². The van der Waals surface area contributed by atoms with Crippen LogP contribution in [0.1, 0.15) is 28.9 Å². The van der Waals surface area contributed by atoms with Gasteiger partial charge >= 0.3 is 0 Å². The van der Waals surface area contributed by atoms with E-state index in [4.69, 9.17) is 16.9 Å². The number of nitrogens with zero attached hydrogens (tertiary/aromatic N) is 2. The van der Waals surface area contributed by atoms with Crippen LogP contribution in [0.5, 0.6) is 0 Å². The van der Waals surface area contributed by atoms with Gasteiger partial charge in [0.25, 0.3) is 6.43 Å². The van der Waals surface area contributed by atoms with Gasteiger partial charge in [0, 0.05) is 0 Å². The average molecular weight is 217 g/mol. The van der Waals surface area contributed by atoms with Gasteiger partial charge in [-0.3, -0.25) is 0 Å². The van der Waals surface area contributed by atoms with E-state index >= 15 is 0 Å². The molecule has 0 aliphatic rings. The van der Waals surface area contributed by atoms with Gasteiger partial charge in [-0.2, -0.15) is 5.26 Å². The molecule has 1 aromatic heterocycles. The Bertz CT molecular complexity index is 385. The standard InChI is InChI=1S/C9H7ClF2N2/c1-5-2-7(9(11)12)14-8(3-10)6(5)4-13/h2,9H,3H2,1H3. The summed E-state index contributed by atoms with van der Waals surface area (Å²) in [6.07, 6.45) is -2.64. The number of aryl methyl sites for hydroxylation is 1. The van der Waals surface area contributed by atoms with Crippen LogP contribution in [0.15, 0.2) is 6.07 Å². The summed E-state index contributed by atoms with van der Waals surface area (Å²) in [7, 11) is 0. The van der Waals surface area contributed by atoms with Crippen LogP contribution in [-0.4, -0.2) is 4.98 Å². The topological polar surface area (TPSA) is 36.7 Å². The van der Waals surface area contributed by atoms with E-state index in [1.54, 1.807) is 6.92 Å². The van der Waals surface area contributed by atoms with Crippen molar-refractivity contribution in [1.82, 2.24) is 4.98 Å². The zero-order valence-corrected chi connectivity index (χ0v) is 8.15. The molecule has 0 radical (unpaired) electrons. The number of aromatic nitrogens is 1. The maximum Gasteiger partial charge on any atom is 0.280 e. The number of hydrogen-bond acceptors (Lipinski definition) is 2. The molecule has 0 amide bonds. The second-order valence-electron chi connectivity index (χ2n) is 2.73. The van der Waals surface area contributed by atoms with Gasteiger partial charge < -0.3 is 0 Å². The van der Waals surface area contributed by atoms with E-state index in [0.29, 0.717) is 5.56 Å². The van der Waals surface area contributed by atoms with E-state index < -0.39 is 6.43 Å². The number of halogens is 3. The van der Waals surface area contributed by atoms with Gasteiger partial charge in [-0.25, -0.2) is 13.8 Å². The summed E-state index contributed by atoms with van der Waals surface area (Å²) in [5.74, 6) is -0.0374. The van der Waals surface area contributed by atoms with Gasteiger partial charge in [0.05, 0.1) is 17.1 Å². The van der Waals surface area contributed by atoms with Crippen LogP contribution in [0.25, 0.3) is 0 Å². The van der Waals surface area contributed by atoms with Gasteiger partial charge in [0.15, 0.2) is 0 Å². The minimum atomic E-state index is -2.64. The summed E-state index contributed by atoms with van der Waals surface area (Å²) in [4.78, 5) is 3.62. The van der Waals surface area contributed by atoms with Crippen LogP contribution in [0.3, 0.4) is 0 Å². The molecule has 1 heterocycles. The predicted molar refractivity (Wildman–Crippen MR) is 48.2 cm³/mol. The highest BCUT2D eigenvalue weighted by molar-refractivity contribution is 6.17. The van der Waals surface area contributed by atoms with Crippen LogP contribution in [0.4, 0.5) is 8.78 Å². The number of alkyl halides is 3. The summed E-state index contributed by atoms with van der Waals surface area (Å²) in [5, 5.41) is 8.72. The largest absolute Gasteiger partial charge is 0.280 e. The second kappa shape index (κ2) is 4.34. The Labute approximate surface area is 85.1 Å². The van der Waals surface area contributed by atoms with Crippen LogP contribution >= 0.6 is 11.6 Å². The third-order valence-corrected chi connectivity index (χ3v) is 2.03. The molecule has 0 fully saturated rings. The molecule has 1 rings (SSSR count). The molecule has 0 unspecified atom stereocenters. The number of pyridine rings is 1. The molecule has 0 aromatic carbocycles. The third kappa shape index (κ3) is 1.99. The summed E-state index contributed by atoms with van der Waals surface area (Å²) in [6.45, 7) is 1.59. The van der Waals surface area contributed by atoms with Crippen LogP contribution in [-0.2, 0) is 5.88 Å². The van der Waals surface area contributed by atoms with Crippen molar-refractivity contribution in [3.8, 4) is 6.07 Å². The average Bonchev–Trinajstić information content (AvgIpc) is 2.16. The highest BCUT2D eigenvalue weighted by Crippen LogP contribution is 2.22. The minimum absolute atomic E-state index is 0.0374. The van der Waals surface area contributed by atoms with E-state index in [1.165, 1.54) is 6.07 Å². The number of rotatable bonds is 2. The summed E-state index contributed by atoms with van der Waals surface area (Å²) in [5.41, 5.74) is 0.638. The van der Waals surface area contributed by atoms with Gasteiger partial charge in [-0.1, -0.05) is 0 Å². The Morgan fingerprint density at radius 3 is 2.71 bits per heavy atom. The summed E-state index contributed by atoms with van der Waals surface area (Å²) in [6, 6.07) is 3.10. The van der Waals surface area contributed by atoms with Crippen molar-refractivity contribution in [2.75, 3.05) is 0 Å². The molecule has 0 bridgehead atoms. The zero-order chi connectivity index (χ0) is 10.7. The fraction of sp³-hybridized carbons (Fsp3) is 0.333. The van der Waals surface area contributed by atoms with Crippen LogP contribution in [0, 0.1) is 18.3 Å². The van der Waals surface area contributed by atoms with E-state index in [2.05, 4.69) is 4.98 Å². The Hall–Kier alpha value is -1.21. The van der Waals surface area contributed by atoms with Crippen molar-refractivity contribution in [2.45, 2.75) is 19.2 Å². The lowest BCUT2D eigenvalue weighted by Crippen LogP contribution is -2.00. The molecule has 0 saturated heterocycles. The fourth-order valence-corrected chi connectivity index (χ4v) is 1.32. The Morgan fingerprint density at radius 1 is 1.64 bits per heavy atom. The van der Waals surface area contributed by atoms with E-state index in [9.17, 15) is 8.78 Å². The molecule has 1 aromatic rings. The monoisotopic (exact) mass is 216 g/mol. The number of nitriles is 1.